The molecule has 0 N–H and O–H groups in total. The van der Waals surface area contributed by atoms with Crippen LogP contribution in [0.2, 0.25) is 0 Å². The highest BCUT2D eigenvalue weighted by molar-refractivity contribution is 6.11. The van der Waals surface area contributed by atoms with Crippen LogP contribution in [0.3, 0.4) is 0 Å². The van der Waals surface area contributed by atoms with Gasteiger partial charge in [-0.15, -0.1) is 0 Å². The number of ether oxygens (including phenoxy) is 1. The van der Waals surface area contributed by atoms with Crippen molar-refractivity contribution in [3.05, 3.63) is 29.8 Å². The number of aliphatic imine (C=N–C) groups is 2. The third-order valence-electron chi connectivity index (χ3n) is 2.42. The Hall–Kier alpha value is -1.78. The summed E-state index contributed by atoms with van der Waals surface area (Å²) in [6.07, 6.45) is 0.875. The summed E-state index contributed by atoms with van der Waals surface area (Å²) < 4.78 is 28.2. The number of hydrogen-bond donors (Lipinski definition) is 0. The predicted molar refractivity (Wildman–Crippen MR) is 62.2 cm³/mol. The number of halogens is 2. The van der Waals surface area contributed by atoms with Crippen LogP contribution in [-0.4, -0.2) is 24.7 Å². The van der Waals surface area contributed by atoms with Crippen LogP contribution in [0.15, 0.2) is 34.3 Å². The second-order valence-corrected chi connectivity index (χ2v) is 3.57. The zero-order valence-electron chi connectivity index (χ0n) is 9.36. The van der Waals surface area contributed by atoms with Crippen molar-refractivity contribution in [3.8, 4) is 5.75 Å². The van der Waals surface area contributed by atoms with Gasteiger partial charge >= 0.3 is 6.61 Å². The molecule has 0 saturated heterocycles. The van der Waals surface area contributed by atoms with Crippen LogP contribution in [0.5, 0.6) is 5.75 Å². The highest BCUT2D eigenvalue weighted by Crippen LogP contribution is 2.17. The zero-order chi connectivity index (χ0) is 12.3. The van der Waals surface area contributed by atoms with Crippen molar-refractivity contribution in [2.75, 3.05) is 6.54 Å². The highest BCUT2D eigenvalue weighted by atomic mass is 19.3. The molecule has 90 valence electrons. The molecule has 17 heavy (non-hydrogen) atoms. The summed E-state index contributed by atoms with van der Waals surface area (Å²) >= 11 is 0. The van der Waals surface area contributed by atoms with Crippen molar-refractivity contribution in [3.63, 3.8) is 0 Å². The molecule has 3 nitrogen and oxygen atoms in total. The molecule has 0 aliphatic carbocycles. The van der Waals surface area contributed by atoms with Gasteiger partial charge in [-0.1, -0.05) is 6.92 Å². The lowest BCUT2D eigenvalue weighted by Gasteiger charge is -2.04. The van der Waals surface area contributed by atoms with Gasteiger partial charge < -0.3 is 4.74 Å². The molecular weight excluding hydrogens is 226 g/mol. The Balaban J connectivity index is 2.11. The fourth-order valence-corrected chi connectivity index (χ4v) is 1.52. The van der Waals surface area contributed by atoms with Gasteiger partial charge in [0.1, 0.15) is 5.75 Å². The van der Waals surface area contributed by atoms with Gasteiger partial charge in [0.2, 0.25) is 0 Å². The number of benzene rings is 1. The Morgan fingerprint density at radius 1 is 1.29 bits per heavy atom. The molecule has 1 heterocycles. The van der Waals surface area contributed by atoms with E-state index in [1.165, 1.54) is 12.1 Å². The fraction of sp³-hybridized carbons (Fsp3) is 0.333. The molecule has 0 saturated carbocycles. The number of amidine groups is 1. The van der Waals surface area contributed by atoms with Gasteiger partial charge in [-0.3, -0.25) is 4.99 Å². The molecule has 1 aromatic carbocycles. The lowest BCUT2D eigenvalue weighted by atomic mass is 10.2. The Labute approximate surface area is 97.9 Å². The van der Waals surface area contributed by atoms with E-state index in [4.69, 9.17) is 0 Å². The molecule has 1 aliphatic rings. The summed E-state index contributed by atoms with van der Waals surface area (Å²) in [5.41, 5.74) is 1.85. The van der Waals surface area contributed by atoms with Crippen molar-refractivity contribution in [2.45, 2.75) is 20.0 Å². The van der Waals surface area contributed by atoms with E-state index in [0.717, 1.165) is 17.7 Å². The Kier molecular flexibility index (Phi) is 3.46. The first-order valence-corrected chi connectivity index (χ1v) is 5.35. The van der Waals surface area contributed by atoms with E-state index in [1.807, 2.05) is 6.92 Å². The molecule has 1 aromatic rings. The monoisotopic (exact) mass is 238 g/mol. The molecule has 1 aliphatic heterocycles. The number of rotatable bonds is 4. The maximum absolute atomic E-state index is 12.0. The van der Waals surface area contributed by atoms with Gasteiger partial charge in [-0.05, 0) is 30.7 Å². The van der Waals surface area contributed by atoms with E-state index < -0.39 is 6.61 Å². The van der Waals surface area contributed by atoms with Crippen molar-refractivity contribution < 1.29 is 13.5 Å². The maximum Gasteiger partial charge on any atom is 0.387 e. The minimum atomic E-state index is -2.80. The minimum absolute atomic E-state index is 0.141. The summed E-state index contributed by atoms with van der Waals surface area (Å²) in [5, 5.41) is 0. The molecular formula is C12H12F2N2O. The highest BCUT2D eigenvalue weighted by Gasteiger charge is 2.11. The van der Waals surface area contributed by atoms with E-state index >= 15 is 0 Å². The third-order valence-corrected chi connectivity index (χ3v) is 2.42. The van der Waals surface area contributed by atoms with Gasteiger partial charge in [0.15, 0.2) is 5.84 Å². The van der Waals surface area contributed by atoms with Crippen LogP contribution in [0, 0.1) is 0 Å². The topological polar surface area (TPSA) is 34.0 Å². The first-order valence-electron chi connectivity index (χ1n) is 5.35. The lowest BCUT2D eigenvalue weighted by molar-refractivity contribution is -0.0498. The van der Waals surface area contributed by atoms with E-state index in [1.54, 1.807) is 12.1 Å². The Morgan fingerprint density at radius 2 is 2.00 bits per heavy atom. The van der Waals surface area contributed by atoms with Crippen LogP contribution in [0.25, 0.3) is 0 Å². The van der Waals surface area contributed by atoms with Gasteiger partial charge in [-0.25, -0.2) is 4.99 Å². The van der Waals surface area contributed by atoms with Crippen LogP contribution < -0.4 is 4.74 Å². The van der Waals surface area contributed by atoms with Crippen molar-refractivity contribution >= 4 is 11.5 Å². The molecule has 2 rings (SSSR count). The van der Waals surface area contributed by atoms with Gasteiger partial charge in [0.05, 0.1) is 6.54 Å². The van der Waals surface area contributed by atoms with Crippen molar-refractivity contribution in [2.24, 2.45) is 9.98 Å². The molecule has 0 fully saturated rings. The average molecular weight is 238 g/mol. The first-order chi connectivity index (χ1) is 8.19. The quantitative estimate of drug-likeness (QED) is 0.794. The van der Waals surface area contributed by atoms with Crippen LogP contribution in [-0.2, 0) is 0 Å². The number of hydrogen-bond acceptors (Lipinski definition) is 3. The van der Waals surface area contributed by atoms with Gasteiger partial charge in [-0.2, -0.15) is 8.78 Å². The Bertz CT molecular complexity index is 452. The number of nitrogens with zero attached hydrogens (tertiary/aromatic N) is 2. The fourth-order valence-electron chi connectivity index (χ4n) is 1.52. The standard InChI is InChI=1S/C12H12F2N2O/c1-2-9-7-15-11(16-9)8-3-5-10(6-4-8)17-12(13)14/h3-6,12H,2,7H2,1H3. The van der Waals surface area contributed by atoms with Crippen molar-refractivity contribution in [1.82, 2.24) is 0 Å². The molecule has 0 unspecified atom stereocenters. The molecule has 5 heteroatoms. The van der Waals surface area contributed by atoms with Crippen LogP contribution in [0.1, 0.15) is 18.9 Å². The molecule has 0 atom stereocenters. The number of alkyl halides is 2. The average Bonchev–Trinajstić information content (AvgIpc) is 2.78. The second-order valence-electron chi connectivity index (χ2n) is 3.57. The molecule has 0 amide bonds. The van der Waals surface area contributed by atoms with Gasteiger partial charge in [0, 0.05) is 11.3 Å². The van der Waals surface area contributed by atoms with Gasteiger partial charge in [0.25, 0.3) is 0 Å². The Morgan fingerprint density at radius 3 is 2.53 bits per heavy atom. The zero-order valence-corrected chi connectivity index (χ0v) is 9.36. The van der Waals surface area contributed by atoms with E-state index in [9.17, 15) is 8.78 Å². The molecule has 0 radical (unpaired) electrons. The molecule has 0 aromatic heterocycles. The summed E-state index contributed by atoms with van der Waals surface area (Å²) in [6.45, 7) is -0.146. The van der Waals surface area contributed by atoms with E-state index in [-0.39, 0.29) is 5.75 Å². The predicted octanol–water partition coefficient (Wildman–Crippen LogP) is 2.90. The third kappa shape index (κ3) is 2.87. The summed E-state index contributed by atoms with van der Waals surface area (Å²) in [7, 11) is 0. The second kappa shape index (κ2) is 5.03. The maximum atomic E-state index is 12.0. The SMILES string of the molecule is CCC1=NC(c2ccc(OC(F)F)cc2)=NC1. The van der Waals surface area contributed by atoms with Crippen molar-refractivity contribution in [1.29, 1.82) is 0 Å². The summed E-state index contributed by atoms with van der Waals surface area (Å²) in [6, 6.07) is 6.34. The summed E-state index contributed by atoms with van der Waals surface area (Å²) in [4.78, 5) is 8.62. The van der Waals surface area contributed by atoms with E-state index in [0.29, 0.717) is 12.4 Å². The van der Waals surface area contributed by atoms with E-state index in [2.05, 4.69) is 14.7 Å². The lowest BCUT2D eigenvalue weighted by Crippen LogP contribution is -2.02. The van der Waals surface area contributed by atoms with Crippen LogP contribution >= 0.6 is 0 Å². The summed E-state index contributed by atoms with van der Waals surface area (Å²) in [5.74, 6) is 0.799. The largest absolute Gasteiger partial charge is 0.435 e. The van der Waals surface area contributed by atoms with Crippen LogP contribution in [0.4, 0.5) is 8.78 Å². The normalized spacial score (nSPS) is 14.8. The smallest absolute Gasteiger partial charge is 0.387 e. The minimum Gasteiger partial charge on any atom is -0.435 e. The first kappa shape index (κ1) is 11.7. The molecule has 0 spiro atoms. The molecule has 0 bridgehead atoms.